The maximum absolute atomic E-state index is 14.8. The topological polar surface area (TPSA) is 91.2 Å². The zero-order valence-electron chi connectivity index (χ0n) is 22.1. The van der Waals surface area contributed by atoms with Gasteiger partial charge in [-0.15, -0.1) is 0 Å². The number of amides is 1. The van der Waals surface area contributed by atoms with Crippen molar-refractivity contribution >= 4 is 23.4 Å². The minimum Gasteiger partial charge on any atom is -0.370 e. The van der Waals surface area contributed by atoms with E-state index in [9.17, 15) is 9.18 Å². The molecule has 0 unspecified atom stereocenters. The number of fused-ring (bicyclic) bond motifs is 1. The van der Waals surface area contributed by atoms with Crippen LogP contribution in [0.4, 0.5) is 21.8 Å². The number of carbonyl (C=O) groups is 1. The number of pyridine rings is 1. The van der Waals surface area contributed by atoms with E-state index >= 15 is 0 Å². The Balaban J connectivity index is 1.12. The molecule has 10 heteroatoms. The highest BCUT2D eigenvalue weighted by Gasteiger charge is 2.29. The molecule has 2 saturated heterocycles. The normalized spacial score (nSPS) is 19.3. The average molecular weight is 519 g/mol. The maximum atomic E-state index is 14.8. The molecule has 6 heterocycles. The number of piperidine rings is 2. The summed E-state index contributed by atoms with van der Waals surface area (Å²) < 4.78 is 16.6. The molecule has 6 rings (SSSR count). The number of carbonyl (C=O) groups excluding carboxylic acids is 1. The van der Waals surface area contributed by atoms with E-state index in [1.54, 1.807) is 6.07 Å². The molecule has 2 fully saturated rings. The third-order valence-corrected chi connectivity index (χ3v) is 8.56. The first-order valence-corrected chi connectivity index (χ1v) is 13.6. The summed E-state index contributed by atoms with van der Waals surface area (Å²) in [5.41, 5.74) is 3.25. The van der Waals surface area contributed by atoms with Crippen LogP contribution in [0.3, 0.4) is 0 Å². The molecule has 200 valence electrons. The third-order valence-electron chi connectivity index (χ3n) is 8.56. The first-order valence-electron chi connectivity index (χ1n) is 13.6. The van der Waals surface area contributed by atoms with E-state index in [-0.39, 0.29) is 17.5 Å². The fourth-order valence-electron chi connectivity index (χ4n) is 6.26. The number of likely N-dealkylation sites (tertiary alicyclic amines) is 1. The molecule has 0 aliphatic carbocycles. The standard InChI is InChI=1S/C28H35FN8O/c1-35-11-6-18(7-12-35)19-8-13-37(14-9-19)20-3-4-25(31-16-20)33-28-32-17-22(29)26(34-28)24-15-21-23(36(24)2)5-10-30-27(21)38/h3-4,15-19H,5-14H2,1-2H3,(H,30,38)(H,31,32,33,34). The van der Waals surface area contributed by atoms with Crippen molar-refractivity contribution in [3.63, 3.8) is 0 Å². The van der Waals surface area contributed by atoms with Gasteiger partial charge in [-0.25, -0.2) is 19.3 Å². The van der Waals surface area contributed by atoms with E-state index in [0.29, 0.717) is 30.0 Å². The van der Waals surface area contributed by atoms with Crippen LogP contribution in [-0.2, 0) is 13.5 Å². The zero-order valence-corrected chi connectivity index (χ0v) is 22.1. The van der Waals surface area contributed by atoms with Gasteiger partial charge in [0.2, 0.25) is 5.95 Å². The van der Waals surface area contributed by atoms with Gasteiger partial charge in [0.25, 0.3) is 5.91 Å². The molecule has 3 aromatic rings. The van der Waals surface area contributed by atoms with E-state index in [0.717, 1.165) is 42.5 Å². The number of hydrogen-bond acceptors (Lipinski definition) is 7. The van der Waals surface area contributed by atoms with Crippen LogP contribution in [0.25, 0.3) is 11.4 Å². The van der Waals surface area contributed by atoms with Crippen molar-refractivity contribution in [1.82, 2.24) is 29.7 Å². The molecule has 3 aliphatic rings. The molecule has 0 radical (unpaired) electrons. The second-order valence-electron chi connectivity index (χ2n) is 10.8. The van der Waals surface area contributed by atoms with Crippen molar-refractivity contribution < 1.29 is 9.18 Å². The maximum Gasteiger partial charge on any atom is 0.253 e. The Kier molecular flexibility index (Phi) is 6.73. The fraction of sp³-hybridized carbons (Fsp3) is 0.500. The van der Waals surface area contributed by atoms with Crippen LogP contribution in [0.15, 0.2) is 30.6 Å². The Labute approximate surface area is 222 Å². The molecule has 38 heavy (non-hydrogen) atoms. The summed E-state index contributed by atoms with van der Waals surface area (Å²) in [7, 11) is 4.06. The van der Waals surface area contributed by atoms with Crippen LogP contribution in [-0.4, -0.2) is 70.1 Å². The van der Waals surface area contributed by atoms with Crippen molar-refractivity contribution in [3.8, 4) is 11.4 Å². The summed E-state index contributed by atoms with van der Waals surface area (Å²) in [6.07, 6.45) is 8.87. The van der Waals surface area contributed by atoms with Gasteiger partial charge in [0.15, 0.2) is 5.82 Å². The molecule has 9 nitrogen and oxygen atoms in total. The third kappa shape index (κ3) is 4.84. The average Bonchev–Trinajstić information content (AvgIpc) is 3.28. The molecule has 0 saturated carbocycles. The monoisotopic (exact) mass is 518 g/mol. The predicted octanol–water partition coefficient (Wildman–Crippen LogP) is 3.60. The highest BCUT2D eigenvalue weighted by atomic mass is 19.1. The van der Waals surface area contributed by atoms with E-state index in [4.69, 9.17) is 0 Å². The molecule has 0 atom stereocenters. The van der Waals surface area contributed by atoms with Gasteiger partial charge in [0, 0.05) is 38.8 Å². The van der Waals surface area contributed by atoms with Crippen molar-refractivity contribution in [2.24, 2.45) is 18.9 Å². The first-order chi connectivity index (χ1) is 18.5. The van der Waals surface area contributed by atoms with Crippen LogP contribution < -0.4 is 15.5 Å². The largest absolute Gasteiger partial charge is 0.370 e. The Morgan fingerprint density at radius 1 is 1.00 bits per heavy atom. The minimum atomic E-state index is -0.541. The lowest BCUT2D eigenvalue weighted by atomic mass is 9.79. The van der Waals surface area contributed by atoms with Crippen LogP contribution >= 0.6 is 0 Å². The van der Waals surface area contributed by atoms with Crippen molar-refractivity contribution in [3.05, 3.63) is 47.7 Å². The van der Waals surface area contributed by atoms with Crippen molar-refractivity contribution in [2.75, 3.05) is 50.0 Å². The van der Waals surface area contributed by atoms with Crippen molar-refractivity contribution in [2.45, 2.75) is 32.1 Å². The first kappa shape index (κ1) is 24.8. The zero-order chi connectivity index (χ0) is 26.2. The van der Waals surface area contributed by atoms with E-state index in [1.807, 2.05) is 23.9 Å². The summed E-state index contributed by atoms with van der Waals surface area (Å²) >= 11 is 0. The fourth-order valence-corrected chi connectivity index (χ4v) is 6.26. The van der Waals surface area contributed by atoms with Gasteiger partial charge in [-0.3, -0.25) is 4.79 Å². The number of rotatable bonds is 5. The Morgan fingerprint density at radius 3 is 2.42 bits per heavy atom. The lowest BCUT2D eigenvalue weighted by Gasteiger charge is -2.40. The van der Waals surface area contributed by atoms with E-state index in [2.05, 4.69) is 48.5 Å². The van der Waals surface area contributed by atoms with Crippen LogP contribution in [0.5, 0.6) is 0 Å². The second kappa shape index (κ2) is 10.3. The van der Waals surface area contributed by atoms with Gasteiger partial charge < -0.3 is 25.0 Å². The predicted molar refractivity (Wildman–Crippen MR) is 145 cm³/mol. The summed E-state index contributed by atoms with van der Waals surface area (Å²) in [5.74, 6) is 1.87. The summed E-state index contributed by atoms with van der Waals surface area (Å²) in [6.45, 7) is 5.16. The molecule has 1 amide bonds. The highest BCUT2D eigenvalue weighted by Crippen LogP contribution is 2.34. The highest BCUT2D eigenvalue weighted by molar-refractivity contribution is 5.97. The molecule has 0 aromatic carbocycles. The van der Waals surface area contributed by atoms with Gasteiger partial charge in [0.05, 0.1) is 29.3 Å². The molecule has 2 N–H and O–H groups in total. The van der Waals surface area contributed by atoms with E-state index < -0.39 is 5.82 Å². The summed E-state index contributed by atoms with van der Waals surface area (Å²) in [4.78, 5) is 30.2. The van der Waals surface area contributed by atoms with Gasteiger partial charge in [-0.05, 0) is 75.9 Å². The number of nitrogens with zero attached hydrogens (tertiary/aromatic N) is 6. The van der Waals surface area contributed by atoms with Gasteiger partial charge >= 0.3 is 0 Å². The molecular formula is C28H35FN8O. The van der Waals surface area contributed by atoms with Gasteiger partial charge in [-0.2, -0.15) is 0 Å². The Bertz CT molecular complexity index is 1310. The van der Waals surface area contributed by atoms with Gasteiger partial charge in [0.1, 0.15) is 11.5 Å². The van der Waals surface area contributed by atoms with Crippen LogP contribution in [0.2, 0.25) is 0 Å². The number of hydrogen-bond donors (Lipinski definition) is 2. The van der Waals surface area contributed by atoms with Crippen LogP contribution in [0.1, 0.15) is 41.7 Å². The SMILES string of the molecule is CN1CCC(C2CCN(c3ccc(Nc4ncc(F)c(-c5cc6c(n5C)CCNC6=O)n4)nc3)CC2)CC1. The number of anilines is 3. The number of halogens is 1. The molecule has 0 spiro atoms. The smallest absolute Gasteiger partial charge is 0.253 e. The van der Waals surface area contributed by atoms with Crippen molar-refractivity contribution in [1.29, 1.82) is 0 Å². The molecule has 0 bridgehead atoms. The summed E-state index contributed by atoms with van der Waals surface area (Å²) in [6, 6.07) is 5.68. The Hall–Kier alpha value is -3.53. The lowest BCUT2D eigenvalue weighted by Crippen LogP contribution is -2.39. The van der Waals surface area contributed by atoms with Gasteiger partial charge in [-0.1, -0.05) is 0 Å². The molecule has 3 aromatic heterocycles. The summed E-state index contributed by atoms with van der Waals surface area (Å²) in [5, 5.41) is 5.94. The number of nitrogens with one attached hydrogen (secondary N) is 2. The van der Waals surface area contributed by atoms with E-state index in [1.165, 1.54) is 38.8 Å². The Morgan fingerprint density at radius 2 is 1.74 bits per heavy atom. The quantitative estimate of drug-likeness (QED) is 0.533. The second-order valence-corrected chi connectivity index (χ2v) is 10.8. The molecular weight excluding hydrogens is 483 g/mol. The lowest BCUT2D eigenvalue weighted by molar-refractivity contribution is 0.0945. The van der Waals surface area contributed by atoms with Crippen LogP contribution in [0, 0.1) is 17.7 Å². The molecule has 3 aliphatic heterocycles. The minimum absolute atomic E-state index is 0.142. The number of aromatic nitrogens is 4.